The van der Waals surface area contributed by atoms with E-state index < -0.39 is 0 Å². The molecule has 108 valence electrons. The molecule has 0 atom stereocenters. The Hall–Kier alpha value is -1.13. The molecule has 0 saturated carbocycles. The SMILES string of the molecule is CCN(CCOC)c1ccnc(CNC(C)(C)C)c1. The maximum Gasteiger partial charge on any atom is 0.0637 e. The number of ether oxygens (including phenoxy) is 1. The van der Waals surface area contributed by atoms with E-state index in [0.717, 1.165) is 31.9 Å². The van der Waals surface area contributed by atoms with Gasteiger partial charge in [0.15, 0.2) is 0 Å². The van der Waals surface area contributed by atoms with E-state index >= 15 is 0 Å². The first-order chi connectivity index (χ1) is 8.96. The second-order valence-corrected chi connectivity index (χ2v) is 5.68. The second-order valence-electron chi connectivity index (χ2n) is 5.68. The van der Waals surface area contributed by atoms with Gasteiger partial charge in [-0.2, -0.15) is 0 Å². The third-order valence-corrected chi connectivity index (χ3v) is 2.91. The molecular weight excluding hydrogens is 238 g/mol. The van der Waals surface area contributed by atoms with Crippen molar-refractivity contribution in [2.75, 3.05) is 31.7 Å². The number of hydrogen-bond acceptors (Lipinski definition) is 4. The Kier molecular flexibility index (Phi) is 6.25. The number of pyridine rings is 1. The first-order valence-corrected chi connectivity index (χ1v) is 6.90. The van der Waals surface area contributed by atoms with Crippen LogP contribution < -0.4 is 10.2 Å². The average Bonchev–Trinajstić information content (AvgIpc) is 2.37. The monoisotopic (exact) mass is 265 g/mol. The van der Waals surface area contributed by atoms with Gasteiger partial charge in [-0.05, 0) is 39.8 Å². The molecule has 4 heteroatoms. The number of aromatic nitrogens is 1. The molecule has 1 heterocycles. The zero-order valence-electron chi connectivity index (χ0n) is 12.9. The lowest BCUT2D eigenvalue weighted by Gasteiger charge is -2.24. The fourth-order valence-electron chi connectivity index (χ4n) is 1.79. The molecule has 0 unspecified atom stereocenters. The third kappa shape index (κ3) is 6.03. The largest absolute Gasteiger partial charge is 0.383 e. The van der Waals surface area contributed by atoms with Crippen molar-refractivity contribution in [1.29, 1.82) is 0 Å². The molecule has 1 rings (SSSR count). The molecule has 1 aromatic rings. The molecule has 1 aromatic heterocycles. The molecule has 0 aliphatic heterocycles. The zero-order chi connectivity index (χ0) is 14.3. The first kappa shape index (κ1) is 15.9. The standard InChI is InChI=1S/C15H27N3O/c1-6-18(9-10-19-5)14-7-8-16-13(11-14)12-17-15(2,3)4/h7-8,11,17H,6,9-10,12H2,1-5H3. The summed E-state index contributed by atoms with van der Waals surface area (Å²) in [7, 11) is 1.74. The molecule has 0 amide bonds. The van der Waals surface area contributed by atoms with Crippen LogP contribution in [0.3, 0.4) is 0 Å². The van der Waals surface area contributed by atoms with Crippen LogP contribution in [0.2, 0.25) is 0 Å². The van der Waals surface area contributed by atoms with Crippen LogP contribution in [0.1, 0.15) is 33.4 Å². The van der Waals surface area contributed by atoms with Gasteiger partial charge in [0.25, 0.3) is 0 Å². The fourth-order valence-corrected chi connectivity index (χ4v) is 1.79. The number of methoxy groups -OCH3 is 1. The number of likely N-dealkylation sites (N-methyl/N-ethyl adjacent to an activating group) is 1. The van der Waals surface area contributed by atoms with Gasteiger partial charge in [-0.25, -0.2) is 0 Å². The molecule has 0 bridgehead atoms. The minimum absolute atomic E-state index is 0.109. The van der Waals surface area contributed by atoms with Crippen molar-refractivity contribution in [3.8, 4) is 0 Å². The summed E-state index contributed by atoms with van der Waals surface area (Å²) in [5.41, 5.74) is 2.39. The van der Waals surface area contributed by atoms with Crippen LogP contribution in [0.15, 0.2) is 18.3 Å². The molecule has 4 nitrogen and oxygen atoms in total. The zero-order valence-corrected chi connectivity index (χ0v) is 12.9. The van der Waals surface area contributed by atoms with Crippen LogP contribution in [0.25, 0.3) is 0 Å². The quantitative estimate of drug-likeness (QED) is 0.821. The molecule has 1 N–H and O–H groups in total. The van der Waals surface area contributed by atoms with Gasteiger partial charge in [-0.3, -0.25) is 4.98 Å². The Bertz CT molecular complexity index is 374. The van der Waals surface area contributed by atoms with E-state index in [9.17, 15) is 0 Å². The summed E-state index contributed by atoms with van der Waals surface area (Å²) in [4.78, 5) is 6.72. The maximum atomic E-state index is 5.15. The van der Waals surface area contributed by atoms with Crippen LogP contribution in [0, 0.1) is 0 Å². The van der Waals surface area contributed by atoms with Crippen molar-refractivity contribution in [2.24, 2.45) is 0 Å². The van der Waals surface area contributed by atoms with E-state index in [1.54, 1.807) is 7.11 Å². The van der Waals surface area contributed by atoms with Gasteiger partial charge in [-0.15, -0.1) is 0 Å². The smallest absolute Gasteiger partial charge is 0.0637 e. The molecular formula is C15H27N3O. The Labute approximate surface area is 117 Å². The minimum atomic E-state index is 0.109. The topological polar surface area (TPSA) is 37.4 Å². The highest BCUT2D eigenvalue weighted by molar-refractivity contribution is 5.46. The summed E-state index contributed by atoms with van der Waals surface area (Å²) in [5, 5.41) is 3.46. The Morgan fingerprint density at radius 3 is 2.68 bits per heavy atom. The van der Waals surface area contributed by atoms with Crippen molar-refractivity contribution in [1.82, 2.24) is 10.3 Å². The van der Waals surface area contributed by atoms with Gasteiger partial charge in [-0.1, -0.05) is 0 Å². The Balaban J connectivity index is 2.69. The van der Waals surface area contributed by atoms with E-state index in [1.807, 2.05) is 6.20 Å². The predicted octanol–water partition coefficient (Wildman–Crippen LogP) is 2.44. The van der Waals surface area contributed by atoms with Gasteiger partial charge in [0.2, 0.25) is 0 Å². The van der Waals surface area contributed by atoms with E-state index in [2.05, 4.69) is 55.0 Å². The van der Waals surface area contributed by atoms with Crippen LogP contribution in [0.5, 0.6) is 0 Å². The average molecular weight is 265 g/mol. The molecule has 0 aliphatic carbocycles. The Morgan fingerprint density at radius 1 is 1.37 bits per heavy atom. The Morgan fingerprint density at radius 2 is 2.11 bits per heavy atom. The second kappa shape index (κ2) is 7.46. The van der Waals surface area contributed by atoms with Crippen LogP contribution in [-0.4, -0.2) is 37.3 Å². The van der Waals surface area contributed by atoms with Crippen molar-refractivity contribution in [3.63, 3.8) is 0 Å². The summed E-state index contributed by atoms with van der Waals surface area (Å²) in [6.45, 7) is 12.0. The lowest BCUT2D eigenvalue weighted by atomic mass is 10.1. The number of anilines is 1. The highest BCUT2D eigenvalue weighted by Gasteiger charge is 2.10. The highest BCUT2D eigenvalue weighted by atomic mass is 16.5. The molecule has 0 aromatic carbocycles. The summed E-state index contributed by atoms with van der Waals surface area (Å²) in [6.07, 6.45) is 1.88. The van der Waals surface area contributed by atoms with E-state index in [4.69, 9.17) is 4.74 Å². The molecule has 19 heavy (non-hydrogen) atoms. The van der Waals surface area contributed by atoms with Crippen molar-refractivity contribution in [3.05, 3.63) is 24.0 Å². The molecule has 0 radical (unpaired) electrons. The normalized spacial score (nSPS) is 11.6. The van der Waals surface area contributed by atoms with E-state index in [0.29, 0.717) is 0 Å². The number of nitrogens with one attached hydrogen (secondary N) is 1. The third-order valence-electron chi connectivity index (χ3n) is 2.91. The van der Waals surface area contributed by atoms with Crippen LogP contribution in [0.4, 0.5) is 5.69 Å². The molecule has 0 fully saturated rings. The summed E-state index contributed by atoms with van der Waals surface area (Å²) >= 11 is 0. The number of hydrogen-bond donors (Lipinski definition) is 1. The summed E-state index contributed by atoms with van der Waals surface area (Å²) in [5.74, 6) is 0. The lowest BCUT2D eigenvalue weighted by molar-refractivity contribution is 0.205. The molecule has 0 aliphatic rings. The molecule has 0 spiro atoms. The summed E-state index contributed by atoms with van der Waals surface area (Å²) < 4.78 is 5.15. The van der Waals surface area contributed by atoms with Crippen LogP contribution >= 0.6 is 0 Å². The fraction of sp³-hybridized carbons (Fsp3) is 0.667. The van der Waals surface area contributed by atoms with Gasteiger partial charge in [0, 0.05) is 44.2 Å². The van der Waals surface area contributed by atoms with Gasteiger partial charge in [0.1, 0.15) is 0 Å². The highest BCUT2D eigenvalue weighted by Crippen LogP contribution is 2.14. The van der Waals surface area contributed by atoms with Crippen LogP contribution in [-0.2, 0) is 11.3 Å². The predicted molar refractivity (Wildman–Crippen MR) is 80.6 cm³/mol. The molecule has 0 saturated heterocycles. The van der Waals surface area contributed by atoms with Crippen molar-refractivity contribution >= 4 is 5.69 Å². The van der Waals surface area contributed by atoms with E-state index in [-0.39, 0.29) is 5.54 Å². The lowest BCUT2D eigenvalue weighted by Crippen LogP contribution is -2.35. The van der Waals surface area contributed by atoms with Crippen molar-refractivity contribution in [2.45, 2.75) is 39.8 Å². The van der Waals surface area contributed by atoms with Gasteiger partial charge < -0.3 is 15.0 Å². The van der Waals surface area contributed by atoms with Crippen molar-refractivity contribution < 1.29 is 4.74 Å². The first-order valence-electron chi connectivity index (χ1n) is 6.90. The number of rotatable bonds is 7. The minimum Gasteiger partial charge on any atom is -0.383 e. The summed E-state index contributed by atoms with van der Waals surface area (Å²) in [6, 6.07) is 4.21. The maximum absolute atomic E-state index is 5.15. The van der Waals surface area contributed by atoms with Gasteiger partial charge >= 0.3 is 0 Å². The van der Waals surface area contributed by atoms with E-state index in [1.165, 1.54) is 5.69 Å². The van der Waals surface area contributed by atoms with Gasteiger partial charge in [0.05, 0.1) is 12.3 Å². The number of nitrogens with zero attached hydrogens (tertiary/aromatic N) is 2.